The highest BCUT2D eigenvalue weighted by Gasteiger charge is 2.16. The maximum absolute atomic E-state index is 12.4. The number of hydrogen-bond acceptors (Lipinski definition) is 2. The fraction of sp³-hybridized carbons (Fsp3) is 0.385. The fourth-order valence-corrected chi connectivity index (χ4v) is 1.63. The van der Waals surface area contributed by atoms with Crippen molar-refractivity contribution >= 4 is 0 Å². The molecule has 0 atom stereocenters. The molecule has 0 amide bonds. The molecule has 2 aromatic rings. The SMILES string of the molecule is CC(C)(C)c1ccc(-c2nnc(C(F)F)[nH]2)cc1. The van der Waals surface area contributed by atoms with Gasteiger partial charge in [-0.05, 0) is 11.0 Å². The van der Waals surface area contributed by atoms with Crippen molar-refractivity contribution in [1.82, 2.24) is 15.2 Å². The lowest BCUT2D eigenvalue weighted by Crippen LogP contribution is -2.10. The fourth-order valence-electron chi connectivity index (χ4n) is 1.63. The van der Waals surface area contributed by atoms with Crippen molar-refractivity contribution in [2.24, 2.45) is 0 Å². The first kappa shape index (κ1) is 12.7. The Morgan fingerprint density at radius 3 is 2.11 bits per heavy atom. The minimum atomic E-state index is -2.62. The highest BCUT2D eigenvalue weighted by molar-refractivity contribution is 5.55. The van der Waals surface area contributed by atoms with Crippen LogP contribution in [0.3, 0.4) is 0 Å². The molecule has 2 rings (SSSR count). The zero-order valence-electron chi connectivity index (χ0n) is 10.5. The van der Waals surface area contributed by atoms with Crippen molar-refractivity contribution < 1.29 is 8.78 Å². The van der Waals surface area contributed by atoms with E-state index in [0.717, 1.165) is 5.56 Å². The Bertz CT molecular complexity index is 524. The van der Waals surface area contributed by atoms with Gasteiger partial charge in [-0.1, -0.05) is 45.0 Å². The molecule has 1 aromatic heterocycles. The van der Waals surface area contributed by atoms with Gasteiger partial charge in [-0.2, -0.15) is 0 Å². The lowest BCUT2D eigenvalue weighted by molar-refractivity contribution is 0.141. The van der Waals surface area contributed by atoms with Gasteiger partial charge in [0.15, 0.2) is 11.6 Å². The highest BCUT2D eigenvalue weighted by Crippen LogP contribution is 2.25. The van der Waals surface area contributed by atoms with Crippen LogP contribution in [0.5, 0.6) is 0 Å². The normalized spacial score (nSPS) is 12.1. The van der Waals surface area contributed by atoms with Gasteiger partial charge in [-0.25, -0.2) is 8.78 Å². The third-order valence-corrected chi connectivity index (χ3v) is 2.74. The first-order chi connectivity index (χ1) is 8.38. The van der Waals surface area contributed by atoms with Crippen molar-refractivity contribution in [1.29, 1.82) is 0 Å². The first-order valence-electron chi connectivity index (χ1n) is 5.69. The molecule has 0 bridgehead atoms. The molecule has 1 N–H and O–H groups in total. The topological polar surface area (TPSA) is 41.6 Å². The van der Waals surface area contributed by atoms with E-state index in [2.05, 4.69) is 36.0 Å². The monoisotopic (exact) mass is 251 g/mol. The minimum Gasteiger partial charge on any atom is -0.320 e. The summed E-state index contributed by atoms with van der Waals surface area (Å²) in [4.78, 5) is 2.51. The van der Waals surface area contributed by atoms with Crippen molar-refractivity contribution in [3.05, 3.63) is 35.7 Å². The maximum Gasteiger partial charge on any atom is 0.297 e. The zero-order chi connectivity index (χ0) is 13.3. The van der Waals surface area contributed by atoms with E-state index >= 15 is 0 Å². The van der Waals surface area contributed by atoms with E-state index in [9.17, 15) is 8.78 Å². The summed E-state index contributed by atoms with van der Waals surface area (Å²) in [6.07, 6.45) is -2.62. The second-order valence-corrected chi connectivity index (χ2v) is 5.19. The Hall–Kier alpha value is -1.78. The van der Waals surface area contributed by atoms with Crippen molar-refractivity contribution in [2.75, 3.05) is 0 Å². The van der Waals surface area contributed by atoms with Gasteiger partial charge in [0.2, 0.25) is 0 Å². The summed E-state index contributed by atoms with van der Waals surface area (Å²) in [5.74, 6) is -0.0318. The molecular formula is C13H15F2N3. The van der Waals surface area contributed by atoms with Gasteiger partial charge in [-0.15, -0.1) is 10.2 Å². The average Bonchev–Trinajstić information content (AvgIpc) is 2.77. The molecule has 0 fully saturated rings. The summed E-state index contributed by atoms with van der Waals surface area (Å²) >= 11 is 0. The molecule has 1 heterocycles. The summed E-state index contributed by atoms with van der Waals surface area (Å²) in [6.45, 7) is 6.35. The molecule has 0 aliphatic rings. The van der Waals surface area contributed by atoms with Crippen LogP contribution in [0.1, 0.15) is 38.6 Å². The van der Waals surface area contributed by atoms with E-state index in [-0.39, 0.29) is 5.41 Å². The molecule has 96 valence electrons. The van der Waals surface area contributed by atoms with Crippen LogP contribution >= 0.6 is 0 Å². The molecule has 0 aliphatic heterocycles. The zero-order valence-corrected chi connectivity index (χ0v) is 10.5. The van der Waals surface area contributed by atoms with E-state index in [4.69, 9.17) is 0 Å². The predicted molar refractivity (Wildman–Crippen MR) is 65.5 cm³/mol. The predicted octanol–water partition coefficient (Wildman–Crippen LogP) is 3.71. The molecular weight excluding hydrogens is 236 g/mol. The summed E-state index contributed by atoms with van der Waals surface area (Å²) < 4.78 is 24.8. The quantitative estimate of drug-likeness (QED) is 0.884. The Balaban J connectivity index is 2.29. The van der Waals surface area contributed by atoms with E-state index in [1.807, 2.05) is 24.3 Å². The number of alkyl halides is 2. The second-order valence-electron chi connectivity index (χ2n) is 5.19. The number of nitrogens with one attached hydrogen (secondary N) is 1. The molecule has 1 aromatic carbocycles. The number of nitrogens with zero attached hydrogens (tertiary/aromatic N) is 2. The van der Waals surface area contributed by atoms with Crippen LogP contribution in [0.4, 0.5) is 8.78 Å². The Labute approximate surface area is 104 Å². The summed E-state index contributed by atoms with van der Waals surface area (Å²) in [7, 11) is 0. The van der Waals surface area contributed by atoms with Crippen LogP contribution in [0, 0.1) is 0 Å². The van der Waals surface area contributed by atoms with E-state index in [0.29, 0.717) is 5.82 Å². The number of aromatic nitrogens is 3. The van der Waals surface area contributed by atoms with Crippen LogP contribution in [-0.2, 0) is 5.41 Å². The van der Waals surface area contributed by atoms with E-state index in [1.54, 1.807) is 0 Å². The number of hydrogen-bond donors (Lipinski definition) is 1. The lowest BCUT2D eigenvalue weighted by atomic mass is 9.87. The standard InChI is InChI=1S/C13H15F2N3/c1-13(2,3)9-6-4-8(5-7-9)11-16-12(10(14)15)18-17-11/h4-7,10H,1-3H3,(H,16,17,18). The van der Waals surface area contributed by atoms with Crippen molar-refractivity contribution in [3.63, 3.8) is 0 Å². The molecule has 0 unspecified atom stereocenters. The molecule has 0 spiro atoms. The van der Waals surface area contributed by atoms with E-state index < -0.39 is 12.2 Å². The van der Waals surface area contributed by atoms with E-state index in [1.165, 1.54) is 5.56 Å². The molecule has 3 nitrogen and oxygen atoms in total. The third-order valence-electron chi connectivity index (χ3n) is 2.74. The molecule has 0 saturated carbocycles. The van der Waals surface area contributed by atoms with Gasteiger partial charge in [0.05, 0.1) is 0 Å². The largest absolute Gasteiger partial charge is 0.320 e. The van der Waals surface area contributed by atoms with Gasteiger partial charge >= 0.3 is 0 Å². The van der Waals surface area contributed by atoms with Crippen LogP contribution in [0.15, 0.2) is 24.3 Å². The Morgan fingerprint density at radius 2 is 1.67 bits per heavy atom. The average molecular weight is 251 g/mol. The maximum atomic E-state index is 12.4. The van der Waals surface area contributed by atoms with Gasteiger partial charge in [-0.3, -0.25) is 0 Å². The molecule has 5 heteroatoms. The summed E-state index contributed by atoms with van der Waals surface area (Å²) in [6, 6.07) is 7.66. The molecule has 0 aliphatic carbocycles. The third kappa shape index (κ3) is 2.55. The minimum absolute atomic E-state index is 0.0636. The first-order valence-corrected chi connectivity index (χ1v) is 5.69. The van der Waals surface area contributed by atoms with Crippen LogP contribution in [0.2, 0.25) is 0 Å². The van der Waals surface area contributed by atoms with Crippen molar-refractivity contribution in [3.8, 4) is 11.4 Å². The molecule has 0 saturated heterocycles. The van der Waals surface area contributed by atoms with Gasteiger partial charge in [0.25, 0.3) is 6.43 Å². The number of H-pyrrole nitrogens is 1. The van der Waals surface area contributed by atoms with Gasteiger partial charge in [0, 0.05) is 5.56 Å². The highest BCUT2D eigenvalue weighted by atomic mass is 19.3. The summed E-state index contributed by atoms with van der Waals surface area (Å²) in [5.41, 5.74) is 2.00. The van der Waals surface area contributed by atoms with Gasteiger partial charge < -0.3 is 4.98 Å². The number of aromatic amines is 1. The Morgan fingerprint density at radius 1 is 1.06 bits per heavy atom. The molecule has 18 heavy (non-hydrogen) atoms. The number of halogens is 2. The molecule has 0 radical (unpaired) electrons. The summed E-state index contributed by atoms with van der Waals surface area (Å²) in [5, 5.41) is 7.12. The lowest BCUT2D eigenvalue weighted by Gasteiger charge is -2.18. The van der Waals surface area contributed by atoms with Gasteiger partial charge in [0.1, 0.15) is 0 Å². The number of benzene rings is 1. The second kappa shape index (κ2) is 4.48. The van der Waals surface area contributed by atoms with Crippen molar-refractivity contribution in [2.45, 2.75) is 32.6 Å². The smallest absolute Gasteiger partial charge is 0.297 e. The van der Waals surface area contributed by atoms with Crippen LogP contribution in [0.25, 0.3) is 11.4 Å². The van der Waals surface area contributed by atoms with Crippen LogP contribution < -0.4 is 0 Å². The number of rotatable bonds is 2. The van der Waals surface area contributed by atoms with Crippen LogP contribution in [-0.4, -0.2) is 15.2 Å². The Kier molecular flexibility index (Phi) is 3.15.